The second-order valence-corrected chi connectivity index (χ2v) is 8.61. The SMILES string of the molecule is Cc1ccc(/C=C/S(=O)(=O)N2CCC(Oc3ncccc3Br)C2)cc1. The molecule has 2 aromatic rings. The molecule has 1 saturated heterocycles. The van der Waals surface area contributed by atoms with Crippen LogP contribution >= 0.6 is 15.9 Å². The molecule has 0 saturated carbocycles. The van der Waals surface area contributed by atoms with Crippen LogP contribution in [0.4, 0.5) is 0 Å². The van der Waals surface area contributed by atoms with E-state index < -0.39 is 10.0 Å². The number of benzene rings is 1. The van der Waals surface area contributed by atoms with Crippen molar-refractivity contribution in [1.29, 1.82) is 0 Å². The molecule has 7 heteroatoms. The van der Waals surface area contributed by atoms with Crippen LogP contribution in [0.5, 0.6) is 5.88 Å². The summed E-state index contributed by atoms with van der Waals surface area (Å²) in [5, 5.41) is 1.26. The summed E-state index contributed by atoms with van der Waals surface area (Å²) in [6.07, 6.45) is 3.71. The van der Waals surface area contributed by atoms with Gasteiger partial charge in [0.05, 0.1) is 11.0 Å². The second kappa shape index (κ2) is 7.68. The summed E-state index contributed by atoms with van der Waals surface area (Å²) in [5.41, 5.74) is 2.00. The molecule has 1 aliphatic rings. The van der Waals surface area contributed by atoms with E-state index in [1.807, 2.05) is 37.3 Å². The van der Waals surface area contributed by atoms with Gasteiger partial charge in [0.15, 0.2) is 0 Å². The maximum absolute atomic E-state index is 12.5. The minimum atomic E-state index is -3.46. The fraction of sp³-hybridized carbons (Fsp3) is 0.278. The third-order valence-electron chi connectivity index (χ3n) is 3.98. The number of ether oxygens (including phenoxy) is 1. The average Bonchev–Trinajstić information content (AvgIpc) is 3.06. The van der Waals surface area contributed by atoms with Gasteiger partial charge in [-0.2, -0.15) is 4.31 Å². The summed E-state index contributed by atoms with van der Waals surface area (Å²) < 4.78 is 33.0. The maximum Gasteiger partial charge on any atom is 0.236 e. The summed E-state index contributed by atoms with van der Waals surface area (Å²) in [5.74, 6) is 0.488. The number of sulfonamides is 1. The Morgan fingerprint density at radius 3 is 2.76 bits per heavy atom. The van der Waals surface area contributed by atoms with Crippen LogP contribution in [-0.2, 0) is 10.0 Å². The molecule has 25 heavy (non-hydrogen) atoms. The maximum atomic E-state index is 12.5. The standard InChI is InChI=1S/C18H19BrN2O3S/c1-14-4-6-15(7-5-14)9-12-25(22,23)21-11-8-16(13-21)24-18-17(19)3-2-10-20-18/h2-7,9-10,12,16H,8,11,13H2,1H3/b12-9+. The van der Waals surface area contributed by atoms with Crippen molar-refractivity contribution in [3.63, 3.8) is 0 Å². The summed E-state index contributed by atoms with van der Waals surface area (Å²) in [6.45, 7) is 2.76. The van der Waals surface area contributed by atoms with E-state index in [2.05, 4.69) is 20.9 Å². The molecule has 2 heterocycles. The van der Waals surface area contributed by atoms with Crippen LogP contribution in [-0.4, -0.2) is 36.9 Å². The Morgan fingerprint density at radius 2 is 2.04 bits per heavy atom. The van der Waals surface area contributed by atoms with Crippen molar-refractivity contribution in [2.75, 3.05) is 13.1 Å². The van der Waals surface area contributed by atoms with Gasteiger partial charge in [-0.1, -0.05) is 29.8 Å². The van der Waals surface area contributed by atoms with Crippen molar-refractivity contribution in [1.82, 2.24) is 9.29 Å². The Morgan fingerprint density at radius 1 is 1.28 bits per heavy atom. The van der Waals surface area contributed by atoms with E-state index >= 15 is 0 Å². The summed E-state index contributed by atoms with van der Waals surface area (Å²) in [6, 6.07) is 11.4. The van der Waals surface area contributed by atoms with Crippen molar-refractivity contribution in [2.45, 2.75) is 19.4 Å². The molecule has 0 amide bonds. The molecule has 1 unspecified atom stereocenters. The number of halogens is 1. The molecule has 0 spiro atoms. The minimum Gasteiger partial charge on any atom is -0.472 e. The molecular weight excluding hydrogens is 404 g/mol. The molecule has 1 fully saturated rings. The Hall–Kier alpha value is -1.70. The molecule has 0 bridgehead atoms. The summed E-state index contributed by atoms with van der Waals surface area (Å²) >= 11 is 3.38. The van der Waals surface area contributed by atoms with Crippen molar-refractivity contribution < 1.29 is 13.2 Å². The van der Waals surface area contributed by atoms with Crippen molar-refractivity contribution in [3.8, 4) is 5.88 Å². The van der Waals surface area contributed by atoms with Gasteiger partial charge in [-0.15, -0.1) is 0 Å². The summed E-state index contributed by atoms with van der Waals surface area (Å²) in [4.78, 5) is 4.16. The largest absolute Gasteiger partial charge is 0.472 e. The van der Waals surface area contributed by atoms with Gasteiger partial charge >= 0.3 is 0 Å². The van der Waals surface area contributed by atoms with Gasteiger partial charge in [0.1, 0.15) is 6.10 Å². The van der Waals surface area contributed by atoms with E-state index in [1.54, 1.807) is 18.3 Å². The molecule has 0 aliphatic carbocycles. The van der Waals surface area contributed by atoms with Crippen molar-refractivity contribution >= 4 is 32.0 Å². The van der Waals surface area contributed by atoms with Gasteiger partial charge in [-0.25, -0.2) is 13.4 Å². The normalized spacial score (nSPS) is 18.7. The van der Waals surface area contributed by atoms with Crippen LogP contribution in [0.1, 0.15) is 17.5 Å². The van der Waals surface area contributed by atoms with Gasteiger partial charge in [-0.05, 0) is 53.0 Å². The third kappa shape index (κ3) is 4.68. The first kappa shape index (κ1) is 18.1. The first-order valence-corrected chi connectivity index (χ1v) is 10.3. The van der Waals surface area contributed by atoms with Gasteiger partial charge in [0.2, 0.25) is 15.9 Å². The molecule has 0 radical (unpaired) electrons. The van der Waals surface area contributed by atoms with E-state index in [1.165, 1.54) is 9.71 Å². The van der Waals surface area contributed by atoms with E-state index in [9.17, 15) is 8.42 Å². The topological polar surface area (TPSA) is 59.5 Å². The highest BCUT2D eigenvalue weighted by Gasteiger charge is 2.31. The molecule has 1 aliphatic heterocycles. The lowest BCUT2D eigenvalue weighted by atomic mass is 10.2. The predicted molar refractivity (Wildman–Crippen MR) is 102 cm³/mol. The van der Waals surface area contributed by atoms with Crippen LogP contribution in [0.25, 0.3) is 6.08 Å². The van der Waals surface area contributed by atoms with E-state index in [0.717, 1.165) is 15.6 Å². The van der Waals surface area contributed by atoms with Gasteiger partial charge in [-0.3, -0.25) is 0 Å². The highest BCUT2D eigenvalue weighted by molar-refractivity contribution is 9.10. The average molecular weight is 423 g/mol. The number of aryl methyl sites for hydroxylation is 1. The number of pyridine rings is 1. The molecule has 1 aromatic carbocycles. The quantitative estimate of drug-likeness (QED) is 0.738. The first-order valence-electron chi connectivity index (χ1n) is 7.96. The Kier molecular flexibility index (Phi) is 5.56. The summed E-state index contributed by atoms with van der Waals surface area (Å²) in [7, 11) is -3.46. The molecule has 0 N–H and O–H groups in total. The smallest absolute Gasteiger partial charge is 0.236 e. The predicted octanol–water partition coefficient (Wildman–Crippen LogP) is 3.61. The Labute approximate surface area is 156 Å². The Bertz CT molecular complexity index is 866. The number of hydrogen-bond donors (Lipinski definition) is 0. The van der Waals surface area contributed by atoms with Crippen molar-refractivity contribution in [3.05, 3.63) is 63.6 Å². The first-order chi connectivity index (χ1) is 11.9. The van der Waals surface area contributed by atoms with E-state index in [0.29, 0.717) is 25.4 Å². The van der Waals surface area contributed by atoms with Gasteiger partial charge in [0.25, 0.3) is 0 Å². The molecule has 132 valence electrons. The van der Waals surface area contributed by atoms with Crippen LogP contribution < -0.4 is 4.74 Å². The van der Waals surface area contributed by atoms with Gasteiger partial charge in [0, 0.05) is 18.1 Å². The van der Waals surface area contributed by atoms with Crippen LogP contribution in [0.15, 0.2) is 52.5 Å². The minimum absolute atomic E-state index is 0.200. The fourth-order valence-corrected chi connectivity index (χ4v) is 4.15. The second-order valence-electron chi connectivity index (χ2n) is 5.94. The number of nitrogens with zero attached hydrogens (tertiary/aromatic N) is 2. The molecule has 1 atom stereocenters. The lowest BCUT2D eigenvalue weighted by Gasteiger charge is -2.15. The van der Waals surface area contributed by atoms with E-state index in [-0.39, 0.29) is 6.10 Å². The zero-order chi connectivity index (χ0) is 17.9. The Balaban J connectivity index is 1.64. The molecule has 1 aromatic heterocycles. The zero-order valence-electron chi connectivity index (χ0n) is 13.8. The van der Waals surface area contributed by atoms with E-state index in [4.69, 9.17) is 4.74 Å². The third-order valence-corrected chi connectivity index (χ3v) is 6.12. The van der Waals surface area contributed by atoms with Crippen LogP contribution in [0.3, 0.4) is 0 Å². The number of aromatic nitrogens is 1. The zero-order valence-corrected chi connectivity index (χ0v) is 16.2. The highest BCUT2D eigenvalue weighted by Crippen LogP contribution is 2.25. The van der Waals surface area contributed by atoms with Gasteiger partial charge < -0.3 is 4.74 Å². The lowest BCUT2D eigenvalue weighted by molar-refractivity contribution is 0.205. The number of rotatable bonds is 5. The fourth-order valence-electron chi connectivity index (χ4n) is 2.57. The lowest BCUT2D eigenvalue weighted by Crippen LogP contribution is -2.29. The monoisotopic (exact) mass is 422 g/mol. The van der Waals surface area contributed by atoms with Crippen LogP contribution in [0, 0.1) is 6.92 Å². The molecule has 5 nitrogen and oxygen atoms in total. The highest BCUT2D eigenvalue weighted by atomic mass is 79.9. The number of hydrogen-bond acceptors (Lipinski definition) is 4. The molecule has 3 rings (SSSR count). The molecular formula is C18H19BrN2O3S. The van der Waals surface area contributed by atoms with Crippen LogP contribution in [0.2, 0.25) is 0 Å². The van der Waals surface area contributed by atoms with Crippen molar-refractivity contribution in [2.24, 2.45) is 0 Å².